The number of para-hydroxylation sites is 1. The van der Waals surface area contributed by atoms with E-state index >= 15 is 0 Å². The lowest BCUT2D eigenvalue weighted by Gasteiger charge is -2.25. The molecule has 1 heterocycles. The molecule has 2 aromatic rings. The van der Waals surface area contributed by atoms with Crippen LogP contribution in [0.2, 0.25) is 0 Å². The van der Waals surface area contributed by atoms with Crippen LogP contribution in [0.3, 0.4) is 0 Å². The van der Waals surface area contributed by atoms with Crippen LogP contribution >= 0.6 is 0 Å². The molecule has 0 spiro atoms. The highest BCUT2D eigenvalue weighted by Gasteiger charge is 2.34. The number of urea groups is 1. The molecule has 6 nitrogen and oxygen atoms in total. The minimum absolute atomic E-state index is 0.144. The van der Waals surface area contributed by atoms with Crippen LogP contribution in [-0.4, -0.2) is 36.5 Å². The van der Waals surface area contributed by atoms with Crippen molar-refractivity contribution in [3.8, 4) is 5.75 Å². The summed E-state index contributed by atoms with van der Waals surface area (Å²) >= 11 is 0. The van der Waals surface area contributed by atoms with Crippen molar-refractivity contribution in [3.05, 3.63) is 53.6 Å². The highest BCUT2D eigenvalue weighted by atomic mass is 16.5. The van der Waals surface area contributed by atoms with Gasteiger partial charge in [0.15, 0.2) is 0 Å². The first kappa shape index (κ1) is 18.8. The smallest absolute Gasteiger partial charge is 0.322 e. The van der Waals surface area contributed by atoms with Gasteiger partial charge in [-0.25, -0.2) is 4.79 Å². The number of rotatable bonds is 4. The Bertz CT molecular complexity index is 813. The molecule has 0 saturated carbocycles. The Morgan fingerprint density at radius 3 is 2.33 bits per heavy atom. The zero-order chi connectivity index (χ0) is 19.4. The molecule has 0 bridgehead atoms. The first-order chi connectivity index (χ1) is 13.0. The lowest BCUT2D eigenvalue weighted by Crippen LogP contribution is -2.45. The molecule has 142 valence electrons. The summed E-state index contributed by atoms with van der Waals surface area (Å²) in [4.78, 5) is 27.1. The fourth-order valence-electron chi connectivity index (χ4n) is 3.37. The molecule has 0 radical (unpaired) electrons. The van der Waals surface area contributed by atoms with Crippen molar-refractivity contribution in [2.45, 2.75) is 32.7 Å². The van der Waals surface area contributed by atoms with Gasteiger partial charge in [0, 0.05) is 17.9 Å². The molecule has 0 aliphatic carbocycles. The minimum atomic E-state index is -0.470. The third kappa shape index (κ3) is 4.22. The van der Waals surface area contributed by atoms with E-state index in [1.54, 1.807) is 36.3 Å². The Kier molecular flexibility index (Phi) is 5.64. The van der Waals surface area contributed by atoms with Crippen molar-refractivity contribution < 1.29 is 14.3 Å². The number of nitrogens with zero attached hydrogens (tertiary/aromatic N) is 1. The second kappa shape index (κ2) is 8.12. The van der Waals surface area contributed by atoms with Gasteiger partial charge in [0.25, 0.3) is 0 Å². The molecular formula is C21H25N3O3. The Hall–Kier alpha value is -3.02. The van der Waals surface area contributed by atoms with E-state index in [1.807, 2.05) is 32.0 Å². The summed E-state index contributed by atoms with van der Waals surface area (Å²) in [6.45, 7) is 4.49. The van der Waals surface area contributed by atoms with Crippen molar-refractivity contribution in [2.24, 2.45) is 0 Å². The normalized spacial score (nSPS) is 16.1. The number of ether oxygens (including phenoxy) is 1. The van der Waals surface area contributed by atoms with Crippen LogP contribution in [0, 0.1) is 13.8 Å². The molecule has 6 heteroatoms. The summed E-state index contributed by atoms with van der Waals surface area (Å²) in [6.07, 6.45) is 1.47. The number of hydrogen-bond acceptors (Lipinski definition) is 3. The molecule has 27 heavy (non-hydrogen) atoms. The van der Waals surface area contributed by atoms with Crippen molar-refractivity contribution >= 4 is 23.3 Å². The highest BCUT2D eigenvalue weighted by molar-refractivity contribution is 6.00. The second-order valence-corrected chi connectivity index (χ2v) is 6.77. The molecule has 1 atom stereocenters. The largest absolute Gasteiger partial charge is 0.497 e. The predicted molar refractivity (Wildman–Crippen MR) is 106 cm³/mol. The zero-order valence-electron chi connectivity index (χ0n) is 15.9. The van der Waals surface area contributed by atoms with E-state index < -0.39 is 6.04 Å². The van der Waals surface area contributed by atoms with E-state index in [4.69, 9.17) is 4.74 Å². The molecule has 0 unspecified atom stereocenters. The molecule has 0 aromatic heterocycles. The number of carbonyl (C=O) groups is 2. The number of likely N-dealkylation sites (tertiary alicyclic amines) is 1. The van der Waals surface area contributed by atoms with Crippen molar-refractivity contribution in [1.82, 2.24) is 4.90 Å². The SMILES string of the molecule is COc1ccc(NC(=O)N2CCC[C@H]2C(=O)Nc2c(C)cccc2C)cc1. The fraction of sp³-hybridized carbons (Fsp3) is 0.333. The summed E-state index contributed by atoms with van der Waals surface area (Å²) in [5.74, 6) is 0.579. The summed E-state index contributed by atoms with van der Waals surface area (Å²) in [5.41, 5.74) is 3.51. The molecular weight excluding hydrogens is 342 g/mol. The van der Waals surface area contributed by atoms with Gasteiger partial charge in [-0.1, -0.05) is 18.2 Å². The van der Waals surface area contributed by atoms with Gasteiger partial charge in [-0.05, 0) is 62.1 Å². The Labute approximate surface area is 159 Å². The summed E-state index contributed by atoms with van der Waals surface area (Å²) < 4.78 is 5.12. The molecule has 3 rings (SSSR count). The van der Waals surface area contributed by atoms with Crippen LogP contribution in [0.1, 0.15) is 24.0 Å². The van der Waals surface area contributed by atoms with E-state index in [1.165, 1.54) is 0 Å². The van der Waals surface area contributed by atoms with Gasteiger partial charge >= 0.3 is 6.03 Å². The van der Waals surface area contributed by atoms with Crippen molar-refractivity contribution in [3.63, 3.8) is 0 Å². The topological polar surface area (TPSA) is 70.7 Å². The monoisotopic (exact) mass is 367 g/mol. The third-order valence-corrected chi connectivity index (χ3v) is 4.89. The molecule has 1 aliphatic heterocycles. The molecule has 2 aromatic carbocycles. The van der Waals surface area contributed by atoms with Gasteiger partial charge in [-0.3, -0.25) is 4.79 Å². The number of amides is 3. The molecule has 1 fully saturated rings. The van der Waals surface area contributed by atoms with Gasteiger partial charge in [0.2, 0.25) is 5.91 Å². The molecule has 2 N–H and O–H groups in total. The second-order valence-electron chi connectivity index (χ2n) is 6.77. The minimum Gasteiger partial charge on any atom is -0.497 e. The number of aryl methyl sites for hydroxylation is 2. The predicted octanol–water partition coefficient (Wildman–Crippen LogP) is 3.95. The van der Waals surface area contributed by atoms with Crippen LogP contribution in [0.25, 0.3) is 0 Å². The third-order valence-electron chi connectivity index (χ3n) is 4.89. The lowest BCUT2D eigenvalue weighted by atomic mass is 10.1. The van der Waals surface area contributed by atoms with Crippen LogP contribution < -0.4 is 15.4 Å². The van der Waals surface area contributed by atoms with Crippen LogP contribution in [0.4, 0.5) is 16.2 Å². The van der Waals surface area contributed by atoms with E-state index in [2.05, 4.69) is 10.6 Å². The molecule has 1 aliphatic rings. The number of hydrogen-bond donors (Lipinski definition) is 2. The van der Waals surface area contributed by atoms with Crippen molar-refractivity contribution in [2.75, 3.05) is 24.3 Å². The molecule has 1 saturated heterocycles. The van der Waals surface area contributed by atoms with Gasteiger partial charge < -0.3 is 20.3 Å². The Morgan fingerprint density at radius 2 is 1.70 bits per heavy atom. The number of anilines is 2. The fourth-order valence-corrected chi connectivity index (χ4v) is 3.37. The van der Waals surface area contributed by atoms with Gasteiger partial charge in [-0.2, -0.15) is 0 Å². The summed E-state index contributed by atoms with van der Waals surface area (Å²) in [7, 11) is 1.59. The Balaban J connectivity index is 1.68. The number of benzene rings is 2. The molecule has 3 amide bonds. The number of nitrogens with one attached hydrogen (secondary N) is 2. The first-order valence-electron chi connectivity index (χ1n) is 9.08. The summed E-state index contributed by atoms with van der Waals surface area (Å²) in [6, 6.07) is 12.3. The number of methoxy groups -OCH3 is 1. The lowest BCUT2D eigenvalue weighted by molar-refractivity contribution is -0.119. The van der Waals surface area contributed by atoms with Gasteiger partial charge in [0.05, 0.1) is 7.11 Å². The average molecular weight is 367 g/mol. The Morgan fingerprint density at radius 1 is 1.04 bits per heavy atom. The van der Waals surface area contributed by atoms with E-state index in [-0.39, 0.29) is 11.9 Å². The van der Waals surface area contributed by atoms with E-state index in [9.17, 15) is 9.59 Å². The van der Waals surface area contributed by atoms with E-state index in [0.29, 0.717) is 18.7 Å². The van der Waals surface area contributed by atoms with Crippen LogP contribution in [0.15, 0.2) is 42.5 Å². The van der Waals surface area contributed by atoms with Crippen molar-refractivity contribution in [1.29, 1.82) is 0 Å². The maximum Gasteiger partial charge on any atom is 0.322 e. The highest BCUT2D eigenvalue weighted by Crippen LogP contribution is 2.24. The van der Waals surface area contributed by atoms with Crippen LogP contribution in [0.5, 0.6) is 5.75 Å². The zero-order valence-corrected chi connectivity index (χ0v) is 15.9. The summed E-state index contributed by atoms with van der Waals surface area (Å²) in [5, 5.41) is 5.87. The van der Waals surface area contributed by atoms with Gasteiger partial charge in [0.1, 0.15) is 11.8 Å². The van der Waals surface area contributed by atoms with E-state index in [0.717, 1.165) is 29.0 Å². The first-order valence-corrected chi connectivity index (χ1v) is 9.08. The quantitative estimate of drug-likeness (QED) is 0.860. The maximum absolute atomic E-state index is 12.8. The standard InChI is InChI=1S/C21H25N3O3/c1-14-6-4-7-15(2)19(14)23-20(25)18-8-5-13-24(18)21(26)22-16-9-11-17(27-3)12-10-16/h4,6-7,9-12,18H,5,8,13H2,1-3H3,(H,22,26)(H,23,25)/t18-/m0/s1. The average Bonchev–Trinajstić information content (AvgIpc) is 3.15. The number of carbonyl (C=O) groups excluding carboxylic acids is 2. The van der Waals surface area contributed by atoms with Gasteiger partial charge in [-0.15, -0.1) is 0 Å². The van der Waals surface area contributed by atoms with Crippen LogP contribution in [-0.2, 0) is 4.79 Å². The maximum atomic E-state index is 12.8.